The maximum absolute atomic E-state index is 12.6. The first kappa shape index (κ1) is 14.8. The SMILES string of the molecule is CNC1CCC(N(C)C(=O)C2CCCCCC2)CC1. The van der Waals surface area contributed by atoms with E-state index in [2.05, 4.69) is 10.2 Å². The Bertz CT molecular complexity index is 276. The molecule has 2 fully saturated rings. The van der Waals surface area contributed by atoms with Crippen LogP contribution in [0.5, 0.6) is 0 Å². The molecule has 0 aromatic heterocycles. The molecule has 110 valence electrons. The van der Waals surface area contributed by atoms with Crippen molar-refractivity contribution in [2.24, 2.45) is 5.92 Å². The van der Waals surface area contributed by atoms with E-state index < -0.39 is 0 Å². The topological polar surface area (TPSA) is 32.3 Å². The van der Waals surface area contributed by atoms with Crippen LogP contribution in [0, 0.1) is 5.92 Å². The summed E-state index contributed by atoms with van der Waals surface area (Å²) in [6.45, 7) is 0. The smallest absolute Gasteiger partial charge is 0.225 e. The Morgan fingerprint density at radius 1 is 0.947 bits per heavy atom. The largest absolute Gasteiger partial charge is 0.343 e. The van der Waals surface area contributed by atoms with Crippen molar-refractivity contribution in [3.8, 4) is 0 Å². The van der Waals surface area contributed by atoms with Crippen molar-refractivity contribution in [2.45, 2.75) is 76.3 Å². The molecule has 0 radical (unpaired) electrons. The van der Waals surface area contributed by atoms with Crippen molar-refractivity contribution < 1.29 is 4.79 Å². The molecule has 0 heterocycles. The zero-order valence-corrected chi connectivity index (χ0v) is 12.7. The fourth-order valence-electron chi connectivity index (χ4n) is 3.75. The van der Waals surface area contributed by atoms with E-state index in [-0.39, 0.29) is 0 Å². The van der Waals surface area contributed by atoms with Crippen molar-refractivity contribution in [1.82, 2.24) is 10.2 Å². The summed E-state index contributed by atoms with van der Waals surface area (Å²) in [5.74, 6) is 0.740. The first-order chi connectivity index (χ1) is 9.22. The van der Waals surface area contributed by atoms with E-state index in [0.717, 1.165) is 12.8 Å². The minimum Gasteiger partial charge on any atom is -0.343 e. The van der Waals surface area contributed by atoms with E-state index in [1.165, 1.54) is 51.4 Å². The molecule has 0 atom stereocenters. The Hall–Kier alpha value is -0.570. The lowest BCUT2D eigenvalue weighted by Crippen LogP contribution is -2.44. The van der Waals surface area contributed by atoms with Gasteiger partial charge in [0.05, 0.1) is 0 Å². The van der Waals surface area contributed by atoms with Crippen molar-refractivity contribution in [2.75, 3.05) is 14.1 Å². The Kier molecular flexibility index (Phi) is 5.68. The number of amides is 1. The lowest BCUT2D eigenvalue weighted by molar-refractivity contribution is -0.137. The van der Waals surface area contributed by atoms with Crippen LogP contribution in [0.3, 0.4) is 0 Å². The Morgan fingerprint density at radius 3 is 2.05 bits per heavy atom. The standard InChI is InChI=1S/C16H30N2O/c1-17-14-9-11-15(12-10-14)18(2)16(19)13-7-5-3-4-6-8-13/h13-15,17H,3-12H2,1-2H3. The third-order valence-electron chi connectivity index (χ3n) is 5.20. The fourth-order valence-corrected chi connectivity index (χ4v) is 3.75. The first-order valence-corrected chi connectivity index (χ1v) is 8.16. The highest BCUT2D eigenvalue weighted by atomic mass is 16.2. The van der Waals surface area contributed by atoms with Crippen molar-refractivity contribution >= 4 is 5.91 Å². The van der Waals surface area contributed by atoms with Crippen molar-refractivity contribution in [3.63, 3.8) is 0 Å². The van der Waals surface area contributed by atoms with Gasteiger partial charge in [0, 0.05) is 25.0 Å². The molecule has 0 aromatic carbocycles. The second kappa shape index (κ2) is 7.28. The lowest BCUT2D eigenvalue weighted by Gasteiger charge is -2.36. The van der Waals surface area contributed by atoms with Crippen LogP contribution in [-0.2, 0) is 4.79 Å². The minimum atomic E-state index is 0.314. The minimum absolute atomic E-state index is 0.314. The number of carbonyl (C=O) groups is 1. The van der Waals surface area contributed by atoms with Gasteiger partial charge < -0.3 is 10.2 Å². The number of carbonyl (C=O) groups excluding carboxylic acids is 1. The van der Waals surface area contributed by atoms with Crippen molar-refractivity contribution in [3.05, 3.63) is 0 Å². The van der Waals surface area contributed by atoms with E-state index in [4.69, 9.17) is 0 Å². The monoisotopic (exact) mass is 266 g/mol. The van der Waals surface area contributed by atoms with Crippen LogP contribution in [0.15, 0.2) is 0 Å². The summed E-state index contributed by atoms with van der Waals surface area (Å²) in [5.41, 5.74) is 0. The predicted molar refractivity (Wildman–Crippen MR) is 79.1 cm³/mol. The van der Waals surface area contributed by atoms with Crippen LogP contribution in [0.2, 0.25) is 0 Å². The van der Waals surface area contributed by atoms with E-state index in [1.807, 2.05) is 14.1 Å². The van der Waals surface area contributed by atoms with Gasteiger partial charge in [-0.1, -0.05) is 25.7 Å². The molecule has 2 aliphatic rings. The third-order valence-corrected chi connectivity index (χ3v) is 5.20. The van der Waals surface area contributed by atoms with E-state index in [0.29, 0.717) is 23.9 Å². The summed E-state index contributed by atoms with van der Waals surface area (Å²) in [4.78, 5) is 14.7. The van der Waals surface area contributed by atoms with Crippen molar-refractivity contribution in [1.29, 1.82) is 0 Å². The number of hydrogen-bond donors (Lipinski definition) is 1. The molecule has 1 amide bonds. The molecule has 0 bridgehead atoms. The maximum Gasteiger partial charge on any atom is 0.225 e. The van der Waals surface area contributed by atoms with Gasteiger partial charge in [-0.05, 0) is 45.6 Å². The summed E-state index contributed by atoms with van der Waals surface area (Å²) in [5, 5.41) is 3.36. The molecular weight excluding hydrogens is 236 g/mol. The summed E-state index contributed by atoms with van der Waals surface area (Å²) < 4.78 is 0. The Balaban J connectivity index is 1.84. The van der Waals surface area contributed by atoms with Gasteiger partial charge in [-0.25, -0.2) is 0 Å². The maximum atomic E-state index is 12.6. The highest BCUT2D eigenvalue weighted by molar-refractivity contribution is 5.78. The highest BCUT2D eigenvalue weighted by Gasteiger charge is 2.29. The molecule has 2 rings (SSSR count). The Morgan fingerprint density at radius 2 is 1.53 bits per heavy atom. The van der Waals surface area contributed by atoms with Gasteiger partial charge in [0.1, 0.15) is 0 Å². The number of nitrogens with zero attached hydrogens (tertiary/aromatic N) is 1. The van der Waals surface area contributed by atoms with Gasteiger partial charge in [-0.3, -0.25) is 4.79 Å². The van der Waals surface area contributed by atoms with Crippen LogP contribution in [0.25, 0.3) is 0 Å². The second-order valence-corrected chi connectivity index (χ2v) is 6.43. The lowest BCUT2D eigenvalue weighted by atomic mass is 9.89. The average Bonchev–Trinajstić information content (AvgIpc) is 2.75. The molecule has 0 aromatic rings. The average molecular weight is 266 g/mol. The van der Waals surface area contributed by atoms with Crippen LogP contribution in [-0.4, -0.2) is 37.0 Å². The van der Waals surface area contributed by atoms with E-state index in [9.17, 15) is 4.79 Å². The second-order valence-electron chi connectivity index (χ2n) is 6.43. The molecule has 1 N–H and O–H groups in total. The molecule has 3 nitrogen and oxygen atoms in total. The van der Waals surface area contributed by atoms with Gasteiger partial charge in [0.15, 0.2) is 0 Å². The zero-order chi connectivity index (χ0) is 13.7. The molecule has 0 aliphatic heterocycles. The fraction of sp³-hybridized carbons (Fsp3) is 0.938. The third kappa shape index (κ3) is 3.95. The molecule has 3 heteroatoms. The predicted octanol–water partition coefficient (Wildman–Crippen LogP) is 2.95. The number of nitrogens with one attached hydrogen (secondary N) is 1. The van der Waals surface area contributed by atoms with E-state index >= 15 is 0 Å². The number of hydrogen-bond acceptors (Lipinski definition) is 2. The zero-order valence-electron chi connectivity index (χ0n) is 12.7. The summed E-state index contributed by atoms with van der Waals surface area (Å²) in [6.07, 6.45) is 12.1. The van der Waals surface area contributed by atoms with Crippen LogP contribution < -0.4 is 5.32 Å². The Labute approximate surface area is 118 Å². The number of rotatable bonds is 3. The quantitative estimate of drug-likeness (QED) is 0.797. The normalized spacial score (nSPS) is 29.8. The van der Waals surface area contributed by atoms with Gasteiger partial charge in [-0.2, -0.15) is 0 Å². The van der Waals surface area contributed by atoms with Gasteiger partial charge in [0.25, 0.3) is 0 Å². The molecule has 2 aliphatic carbocycles. The molecule has 0 spiro atoms. The van der Waals surface area contributed by atoms with Crippen LogP contribution in [0.1, 0.15) is 64.2 Å². The molecular formula is C16H30N2O. The van der Waals surface area contributed by atoms with Gasteiger partial charge in [-0.15, -0.1) is 0 Å². The van der Waals surface area contributed by atoms with Gasteiger partial charge in [0.2, 0.25) is 5.91 Å². The molecule has 19 heavy (non-hydrogen) atoms. The van der Waals surface area contributed by atoms with Crippen LogP contribution >= 0.6 is 0 Å². The molecule has 0 saturated heterocycles. The molecule has 0 unspecified atom stereocenters. The van der Waals surface area contributed by atoms with Crippen LogP contribution in [0.4, 0.5) is 0 Å². The highest BCUT2D eigenvalue weighted by Crippen LogP contribution is 2.28. The summed E-state index contributed by atoms with van der Waals surface area (Å²) in [7, 11) is 4.09. The van der Waals surface area contributed by atoms with E-state index in [1.54, 1.807) is 0 Å². The molecule has 2 saturated carbocycles. The van der Waals surface area contributed by atoms with Gasteiger partial charge >= 0.3 is 0 Å². The summed E-state index contributed by atoms with van der Waals surface area (Å²) in [6, 6.07) is 1.15. The first-order valence-electron chi connectivity index (χ1n) is 8.16. The summed E-state index contributed by atoms with van der Waals surface area (Å²) >= 11 is 0.